The van der Waals surface area contributed by atoms with E-state index in [0.717, 1.165) is 24.3 Å². The second kappa shape index (κ2) is 6.75. The molecule has 0 aliphatic carbocycles. The van der Waals surface area contributed by atoms with E-state index in [1.165, 1.54) is 5.56 Å². The van der Waals surface area contributed by atoms with E-state index < -0.39 is 0 Å². The Morgan fingerprint density at radius 3 is 2.63 bits per heavy atom. The Balaban J connectivity index is 1.91. The van der Waals surface area contributed by atoms with Crippen molar-refractivity contribution in [3.8, 4) is 5.75 Å². The van der Waals surface area contributed by atoms with Gasteiger partial charge in [0.05, 0.1) is 6.61 Å². The Labute approximate surface area is 113 Å². The van der Waals surface area contributed by atoms with Gasteiger partial charge in [0.2, 0.25) is 0 Å². The molecule has 1 heterocycles. The molecule has 2 rings (SSSR count). The van der Waals surface area contributed by atoms with Gasteiger partial charge in [-0.3, -0.25) is 0 Å². The van der Waals surface area contributed by atoms with Crippen LogP contribution in [-0.2, 0) is 17.8 Å². The Morgan fingerprint density at radius 1 is 1.16 bits per heavy atom. The van der Waals surface area contributed by atoms with Crippen molar-refractivity contribution in [3.63, 3.8) is 0 Å². The molecular weight excluding hydrogens is 240 g/mol. The predicted octanol–water partition coefficient (Wildman–Crippen LogP) is 2.43. The molecule has 0 saturated heterocycles. The summed E-state index contributed by atoms with van der Waals surface area (Å²) in [5, 5.41) is 0. The van der Waals surface area contributed by atoms with Crippen molar-refractivity contribution in [2.45, 2.75) is 13.0 Å². The summed E-state index contributed by atoms with van der Waals surface area (Å²) in [5.41, 5.74) is 7.88. The van der Waals surface area contributed by atoms with E-state index in [9.17, 15) is 0 Å². The van der Waals surface area contributed by atoms with Gasteiger partial charge in [0, 0.05) is 18.9 Å². The molecule has 0 spiro atoms. The molecule has 0 radical (unpaired) electrons. The zero-order valence-corrected chi connectivity index (χ0v) is 11.0. The molecule has 0 unspecified atom stereocenters. The zero-order valence-electron chi connectivity index (χ0n) is 11.0. The van der Waals surface area contributed by atoms with Crippen LogP contribution in [-0.4, -0.2) is 18.7 Å². The minimum absolute atomic E-state index is 0.428. The summed E-state index contributed by atoms with van der Waals surface area (Å²) in [4.78, 5) is 4.02. The first-order valence-corrected chi connectivity index (χ1v) is 6.19. The maximum Gasteiger partial charge on any atom is 0.129 e. The van der Waals surface area contributed by atoms with E-state index >= 15 is 0 Å². The molecule has 1 aromatic carbocycles. The van der Waals surface area contributed by atoms with Crippen LogP contribution in [0.4, 0.5) is 5.82 Å². The number of ether oxygens (including phenoxy) is 2. The number of methoxy groups -OCH3 is 1. The number of rotatable bonds is 6. The van der Waals surface area contributed by atoms with Crippen molar-refractivity contribution < 1.29 is 9.47 Å². The number of benzene rings is 1. The Bertz CT molecular complexity index is 512. The van der Waals surface area contributed by atoms with Crippen LogP contribution in [0.5, 0.6) is 5.75 Å². The molecule has 0 aliphatic heterocycles. The van der Waals surface area contributed by atoms with Crippen LogP contribution in [0.1, 0.15) is 11.1 Å². The quantitative estimate of drug-likeness (QED) is 0.864. The molecule has 2 aromatic rings. The van der Waals surface area contributed by atoms with Crippen LogP contribution in [0.2, 0.25) is 0 Å². The lowest BCUT2D eigenvalue weighted by atomic mass is 10.1. The van der Waals surface area contributed by atoms with Crippen molar-refractivity contribution in [2.75, 3.05) is 19.5 Å². The fourth-order valence-corrected chi connectivity index (χ4v) is 1.71. The molecular formula is C15H18N2O2. The Hall–Kier alpha value is -2.07. The number of nitrogens with two attached hydrogens (primary N) is 1. The summed E-state index contributed by atoms with van der Waals surface area (Å²) < 4.78 is 10.7. The van der Waals surface area contributed by atoms with Crippen LogP contribution in [0.3, 0.4) is 0 Å². The Kier molecular flexibility index (Phi) is 4.75. The molecule has 0 bridgehead atoms. The van der Waals surface area contributed by atoms with Crippen LogP contribution in [0.25, 0.3) is 0 Å². The fourth-order valence-electron chi connectivity index (χ4n) is 1.71. The van der Waals surface area contributed by atoms with E-state index in [1.807, 2.05) is 36.4 Å². The van der Waals surface area contributed by atoms with Gasteiger partial charge in [0.25, 0.3) is 0 Å². The first kappa shape index (κ1) is 13.4. The smallest absolute Gasteiger partial charge is 0.129 e. The first-order chi connectivity index (χ1) is 9.29. The van der Waals surface area contributed by atoms with E-state index in [1.54, 1.807) is 13.3 Å². The maximum absolute atomic E-state index is 5.76. The summed E-state index contributed by atoms with van der Waals surface area (Å²) in [6.07, 6.45) is 2.58. The fraction of sp³-hybridized carbons (Fsp3) is 0.267. The van der Waals surface area contributed by atoms with Crippen LogP contribution < -0.4 is 10.5 Å². The summed E-state index contributed by atoms with van der Waals surface area (Å²) in [5.74, 6) is 1.34. The van der Waals surface area contributed by atoms with Crippen molar-refractivity contribution in [1.29, 1.82) is 0 Å². The SMILES string of the molecule is COCCc1ccc(OCc2cccnc2N)cc1. The maximum atomic E-state index is 5.76. The molecule has 2 N–H and O–H groups in total. The number of nitrogens with zero attached hydrogens (tertiary/aromatic N) is 1. The number of nitrogen functional groups attached to an aromatic ring is 1. The van der Waals surface area contributed by atoms with Gasteiger partial charge < -0.3 is 15.2 Å². The molecule has 19 heavy (non-hydrogen) atoms. The van der Waals surface area contributed by atoms with Crippen molar-refractivity contribution >= 4 is 5.82 Å². The lowest BCUT2D eigenvalue weighted by Gasteiger charge is -2.08. The zero-order chi connectivity index (χ0) is 13.5. The highest BCUT2D eigenvalue weighted by atomic mass is 16.5. The van der Waals surface area contributed by atoms with Gasteiger partial charge in [-0.05, 0) is 30.2 Å². The number of hydrogen-bond donors (Lipinski definition) is 1. The van der Waals surface area contributed by atoms with E-state index in [2.05, 4.69) is 4.98 Å². The van der Waals surface area contributed by atoms with Crippen molar-refractivity contribution in [3.05, 3.63) is 53.7 Å². The number of hydrogen-bond acceptors (Lipinski definition) is 4. The topological polar surface area (TPSA) is 57.4 Å². The van der Waals surface area contributed by atoms with Gasteiger partial charge in [-0.15, -0.1) is 0 Å². The monoisotopic (exact) mass is 258 g/mol. The summed E-state index contributed by atoms with van der Waals surface area (Å²) in [6, 6.07) is 11.8. The number of aromatic nitrogens is 1. The van der Waals surface area contributed by atoms with Gasteiger partial charge in [0.15, 0.2) is 0 Å². The van der Waals surface area contributed by atoms with Gasteiger partial charge >= 0.3 is 0 Å². The molecule has 4 nitrogen and oxygen atoms in total. The summed E-state index contributed by atoms with van der Waals surface area (Å²) >= 11 is 0. The molecule has 0 aliphatic rings. The van der Waals surface area contributed by atoms with Crippen LogP contribution in [0.15, 0.2) is 42.6 Å². The minimum Gasteiger partial charge on any atom is -0.489 e. The highest BCUT2D eigenvalue weighted by Crippen LogP contribution is 2.16. The van der Waals surface area contributed by atoms with Gasteiger partial charge in [-0.2, -0.15) is 0 Å². The summed E-state index contributed by atoms with van der Waals surface area (Å²) in [7, 11) is 1.70. The molecule has 1 aromatic heterocycles. The van der Waals surface area contributed by atoms with E-state index in [-0.39, 0.29) is 0 Å². The second-order valence-electron chi connectivity index (χ2n) is 4.22. The molecule has 0 fully saturated rings. The van der Waals surface area contributed by atoms with Gasteiger partial charge in [-0.25, -0.2) is 4.98 Å². The highest BCUT2D eigenvalue weighted by molar-refractivity contribution is 5.38. The average molecular weight is 258 g/mol. The third kappa shape index (κ3) is 3.96. The highest BCUT2D eigenvalue weighted by Gasteiger charge is 2.01. The van der Waals surface area contributed by atoms with Crippen LogP contribution >= 0.6 is 0 Å². The lowest BCUT2D eigenvalue weighted by Crippen LogP contribution is -2.02. The first-order valence-electron chi connectivity index (χ1n) is 6.19. The van der Waals surface area contributed by atoms with E-state index in [0.29, 0.717) is 12.4 Å². The van der Waals surface area contributed by atoms with Crippen molar-refractivity contribution in [2.24, 2.45) is 0 Å². The van der Waals surface area contributed by atoms with Gasteiger partial charge in [0.1, 0.15) is 18.2 Å². The molecule has 0 saturated carbocycles. The molecule has 4 heteroatoms. The normalized spacial score (nSPS) is 10.4. The lowest BCUT2D eigenvalue weighted by molar-refractivity contribution is 0.202. The second-order valence-corrected chi connectivity index (χ2v) is 4.22. The summed E-state index contributed by atoms with van der Waals surface area (Å²) in [6.45, 7) is 1.16. The van der Waals surface area contributed by atoms with E-state index in [4.69, 9.17) is 15.2 Å². The third-order valence-electron chi connectivity index (χ3n) is 2.84. The molecule has 0 atom stereocenters. The number of anilines is 1. The van der Waals surface area contributed by atoms with Crippen molar-refractivity contribution in [1.82, 2.24) is 4.98 Å². The number of pyridine rings is 1. The third-order valence-corrected chi connectivity index (χ3v) is 2.84. The Morgan fingerprint density at radius 2 is 1.95 bits per heavy atom. The largest absolute Gasteiger partial charge is 0.489 e. The minimum atomic E-state index is 0.428. The van der Waals surface area contributed by atoms with Crippen LogP contribution in [0, 0.1) is 0 Å². The standard InChI is InChI=1S/C15H18N2O2/c1-18-10-8-12-4-6-14(7-5-12)19-11-13-3-2-9-17-15(13)16/h2-7,9H,8,10-11H2,1H3,(H2,16,17). The molecule has 0 amide bonds. The molecule has 100 valence electrons. The van der Waals surface area contributed by atoms with Gasteiger partial charge in [-0.1, -0.05) is 18.2 Å². The average Bonchev–Trinajstić information content (AvgIpc) is 2.45. The predicted molar refractivity (Wildman–Crippen MR) is 75.0 cm³/mol.